The largest absolute Gasteiger partial charge is 0.494 e. The molecule has 2 aromatic rings. The van der Waals surface area contributed by atoms with E-state index in [1.165, 1.54) is 19.2 Å². The molecule has 0 radical (unpaired) electrons. The number of amides is 1. The lowest BCUT2D eigenvalue weighted by molar-refractivity contribution is 0.102. The van der Waals surface area contributed by atoms with Crippen LogP contribution in [-0.4, -0.2) is 13.0 Å². The van der Waals surface area contributed by atoms with Gasteiger partial charge in [-0.25, -0.2) is 0 Å². The van der Waals surface area contributed by atoms with Gasteiger partial charge < -0.3 is 15.8 Å². The molecule has 0 saturated heterocycles. The van der Waals surface area contributed by atoms with Crippen molar-refractivity contribution >= 4 is 52.1 Å². The molecule has 0 aromatic heterocycles. The van der Waals surface area contributed by atoms with E-state index in [0.717, 1.165) is 0 Å². The highest BCUT2D eigenvalue weighted by molar-refractivity contribution is 6.37. The number of rotatable bonds is 3. The van der Waals surface area contributed by atoms with E-state index in [1.807, 2.05) is 0 Å². The van der Waals surface area contributed by atoms with Gasteiger partial charge in [0.15, 0.2) is 0 Å². The van der Waals surface area contributed by atoms with Crippen molar-refractivity contribution < 1.29 is 9.53 Å². The number of carbonyl (C=O) groups excluding carboxylic acids is 1. The Morgan fingerprint density at radius 1 is 1.14 bits per heavy atom. The van der Waals surface area contributed by atoms with E-state index in [0.29, 0.717) is 21.4 Å². The van der Waals surface area contributed by atoms with E-state index in [1.54, 1.807) is 18.2 Å². The van der Waals surface area contributed by atoms with Crippen LogP contribution in [0, 0.1) is 0 Å². The zero-order valence-corrected chi connectivity index (χ0v) is 13.2. The fraction of sp³-hybridized carbons (Fsp3) is 0.0714. The first-order chi connectivity index (χ1) is 9.92. The van der Waals surface area contributed by atoms with Crippen molar-refractivity contribution in [2.24, 2.45) is 0 Å². The summed E-state index contributed by atoms with van der Waals surface area (Å²) in [5, 5.41) is 3.57. The van der Waals surface area contributed by atoms with E-state index >= 15 is 0 Å². The smallest absolute Gasteiger partial charge is 0.259 e. The van der Waals surface area contributed by atoms with Crippen LogP contribution in [0.1, 0.15) is 10.4 Å². The summed E-state index contributed by atoms with van der Waals surface area (Å²) in [6.07, 6.45) is 0. The van der Waals surface area contributed by atoms with Crippen LogP contribution in [0.4, 0.5) is 11.4 Å². The summed E-state index contributed by atoms with van der Waals surface area (Å²) >= 11 is 17.9. The monoisotopic (exact) mass is 344 g/mol. The Labute approximate surface area is 136 Å². The predicted molar refractivity (Wildman–Crippen MR) is 86.8 cm³/mol. The lowest BCUT2D eigenvalue weighted by Crippen LogP contribution is -2.14. The standard InChI is InChI=1S/C14H11Cl3N2O2/c1-21-13-9(4-7(15)5-11(13)17)14(20)19-12-3-2-8(18)6-10(12)16/h2-6H,18H2,1H3,(H,19,20). The maximum absolute atomic E-state index is 12.3. The minimum absolute atomic E-state index is 0.211. The normalized spacial score (nSPS) is 10.3. The van der Waals surface area contributed by atoms with Crippen LogP contribution < -0.4 is 15.8 Å². The molecule has 1 amide bonds. The fourth-order valence-electron chi connectivity index (χ4n) is 1.76. The summed E-state index contributed by atoms with van der Waals surface area (Å²) in [7, 11) is 1.42. The Hall–Kier alpha value is -1.62. The zero-order chi connectivity index (χ0) is 15.6. The fourth-order valence-corrected chi connectivity index (χ4v) is 2.57. The van der Waals surface area contributed by atoms with E-state index in [-0.39, 0.29) is 16.3 Å². The number of halogens is 3. The third-order valence-electron chi connectivity index (χ3n) is 2.70. The van der Waals surface area contributed by atoms with Crippen molar-refractivity contribution in [3.63, 3.8) is 0 Å². The first-order valence-corrected chi connectivity index (χ1v) is 6.95. The third-order valence-corrected chi connectivity index (χ3v) is 3.51. The predicted octanol–water partition coefficient (Wildman–Crippen LogP) is 4.49. The number of hydrogen-bond acceptors (Lipinski definition) is 3. The Kier molecular flexibility index (Phi) is 4.83. The first kappa shape index (κ1) is 15.8. The molecule has 0 aliphatic rings. The molecule has 2 aromatic carbocycles. The Morgan fingerprint density at radius 2 is 1.86 bits per heavy atom. The lowest BCUT2D eigenvalue weighted by Gasteiger charge is -2.12. The van der Waals surface area contributed by atoms with E-state index in [4.69, 9.17) is 45.3 Å². The Morgan fingerprint density at radius 3 is 2.48 bits per heavy atom. The van der Waals surface area contributed by atoms with Gasteiger partial charge in [-0.15, -0.1) is 0 Å². The second-order valence-electron chi connectivity index (χ2n) is 4.16. The summed E-state index contributed by atoms with van der Waals surface area (Å²) in [6.45, 7) is 0. The van der Waals surface area contributed by atoms with Crippen molar-refractivity contribution in [1.82, 2.24) is 0 Å². The Balaban J connectivity index is 2.36. The molecule has 0 bridgehead atoms. The van der Waals surface area contributed by atoms with Crippen LogP contribution in [-0.2, 0) is 0 Å². The average Bonchev–Trinajstić information content (AvgIpc) is 2.41. The number of nitrogens with one attached hydrogen (secondary N) is 1. The maximum atomic E-state index is 12.3. The minimum atomic E-state index is -0.442. The average molecular weight is 346 g/mol. The van der Waals surface area contributed by atoms with E-state index in [2.05, 4.69) is 5.32 Å². The molecule has 0 atom stereocenters. The highest BCUT2D eigenvalue weighted by Crippen LogP contribution is 2.33. The molecular formula is C14H11Cl3N2O2. The SMILES string of the molecule is COc1c(Cl)cc(Cl)cc1C(=O)Nc1ccc(N)cc1Cl. The van der Waals surface area contributed by atoms with Crippen LogP contribution in [0.5, 0.6) is 5.75 Å². The molecule has 0 aliphatic heterocycles. The zero-order valence-electron chi connectivity index (χ0n) is 10.9. The summed E-state index contributed by atoms with van der Waals surface area (Å²) in [4.78, 5) is 12.3. The van der Waals surface area contributed by atoms with Gasteiger partial charge in [-0.3, -0.25) is 4.79 Å². The highest BCUT2D eigenvalue weighted by atomic mass is 35.5. The van der Waals surface area contributed by atoms with E-state index in [9.17, 15) is 4.79 Å². The Bertz CT molecular complexity index is 705. The van der Waals surface area contributed by atoms with Gasteiger partial charge in [0.1, 0.15) is 5.75 Å². The summed E-state index contributed by atoms with van der Waals surface area (Å²) in [5.74, 6) is -0.201. The van der Waals surface area contributed by atoms with Gasteiger partial charge in [0.05, 0.1) is 28.4 Å². The molecule has 3 N–H and O–H groups in total. The molecule has 0 saturated carbocycles. The van der Waals surface area contributed by atoms with Gasteiger partial charge in [0, 0.05) is 10.7 Å². The topological polar surface area (TPSA) is 64.3 Å². The number of carbonyl (C=O) groups is 1. The number of ether oxygens (including phenoxy) is 1. The number of methoxy groups -OCH3 is 1. The molecule has 0 fully saturated rings. The minimum Gasteiger partial charge on any atom is -0.494 e. The number of anilines is 2. The number of hydrogen-bond donors (Lipinski definition) is 2. The number of benzene rings is 2. The van der Waals surface area contributed by atoms with Crippen LogP contribution in [0.15, 0.2) is 30.3 Å². The van der Waals surface area contributed by atoms with Gasteiger partial charge in [-0.05, 0) is 30.3 Å². The molecule has 0 spiro atoms. The molecule has 21 heavy (non-hydrogen) atoms. The van der Waals surface area contributed by atoms with Crippen molar-refractivity contribution in [2.45, 2.75) is 0 Å². The van der Waals surface area contributed by atoms with Gasteiger partial charge in [0.25, 0.3) is 5.91 Å². The highest BCUT2D eigenvalue weighted by Gasteiger charge is 2.17. The van der Waals surface area contributed by atoms with Crippen LogP contribution in [0.25, 0.3) is 0 Å². The van der Waals surface area contributed by atoms with Crippen molar-refractivity contribution in [2.75, 3.05) is 18.2 Å². The molecular weight excluding hydrogens is 335 g/mol. The number of nitrogens with two attached hydrogens (primary N) is 1. The van der Waals surface area contributed by atoms with Crippen LogP contribution in [0.3, 0.4) is 0 Å². The second kappa shape index (κ2) is 6.43. The molecule has 0 aliphatic carbocycles. The second-order valence-corrected chi connectivity index (χ2v) is 5.41. The van der Waals surface area contributed by atoms with E-state index < -0.39 is 5.91 Å². The lowest BCUT2D eigenvalue weighted by atomic mass is 10.1. The summed E-state index contributed by atoms with van der Waals surface area (Å²) in [5.41, 5.74) is 6.74. The summed E-state index contributed by atoms with van der Waals surface area (Å²) in [6, 6.07) is 7.74. The quantitative estimate of drug-likeness (QED) is 0.806. The molecule has 4 nitrogen and oxygen atoms in total. The van der Waals surface area contributed by atoms with Gasteiger partial charge in [0.2, 0.25) is 0 Å². The summed E-state index contributed by atoms with van der Waals surface area (Å²) < 4.78 is 5.13. The first-order valence-electron chi connectivity index (χ1n) is 5.81. The van der Waals surface area contributed by atoms with Crippen molar-refractivity contribution in [1.29, 1.82) is 0 Å². The molecule has 2 rings (SSSR count). The van der Waals surface area contributed by atoms with Crippen molar-refractivity contribution in [3.05, 3.63) is 51.0 Å². The molecule has 7 heteroatoms. The molecule has 0 heterocycles. The number of nitrogen functional groups attached to an aromatic ring is 1. The van der Waals surface area contributed by atoms with Crippen LogP contribution in [0.2, 0.25) is 15.1 Å². The molecule has 0 unspecified atom stereocenters. The van der Waals surface area contributed by atoms with Crippen molar-refractivity contribution in [3.8, 4) is 5.75 Å². The molecule has 110 valence electrons. The third kappa shape index (κ3) is 3.53. The van der Waals surface area contributed by atoms with Gasteiger partial charge in [-0.1, -0.05) is 34.8 Å². The van der Waals surface area contributed by atoms with Crippen LogP contribution >= 0.6 is 34.8 Å². The van der Waals surface area contributed by atoms with Gasteiger partial charge in [-0.2, -0.15) is 0 Å². The maximum Gasteiger partial charge on any atom is 0.259 e. The van der Waals surface area contributed by atoms with Gasteiger partial charge >= 0.3 is 0 Å².